The molecule has 0 aliphatic heterocycles. The van der Waals surface area contributed by atoms with Crippen molar-refractivity contribution in [2.45, 2.75) is 32.2 Å². The average Bonchev–Trinajstić information content (AvgIpc) is 2.33. The maximum absolute atomic E-state index is 6.26. The Balaban J connectivity index is 1.84. The molecule has 1 saturated carbocycles. The van der Waals surface area contributed by atoms with Crippen molar-refractivity contribution in [2.24, 2.45) is 11.7 Å². The van der Waals surface area contributed by atoms with Crippen LogP contribution in [0, 0.1) is 5.92 Å². The fourth-order valence-electron chi connectivity index (χ4n) is 2.46. The molecule has 0 amide bonds. The van der Waals surface area contributed by atoms with Crippen LogP contribution in [0.25, 0.3) is 0 Å². The van der Waals surface area contributed by atoms with Gasteiger partial charge in [-0.3, -0.25) is 0 Å². The number of benzene rings is 1. The zero-order chi connectivity index (χ0) is 12.1. The zero-order valence-corrected chi connectivity index (χ0v) is 10.8. The lowest BCUT2D eigenvalue weighted by molar-refractivity contribution is 0.176. The van der Waals surface area contributed by atoms with Crippen molar-refractivity contribution in [1.29, 1.82) is 0 Å². The molecule has 0 aromatic heterocycles. The maximum Gasteiger partial charge on any atom is 0.0424 e. The molecule has 1 aromatic rings. The molecule has 1 fully saturated rings. The minimum absolute atomic E-state index is 0.149. The van der Waals surface area contributed by atoms with Crippen molar-refractivity contribution in [1.82, 2.24) is 4.90 Å². The highest BCUT2D eigenvalue weighted by Crippen LogP contribution is 2.27. The summed E-state index contributed by atoms with van der Waals surface area (Å²) in [5.41, 5.74) is 7.51. The van der Waals surface area contributed by atoms with Gasteiger partial charge in [-0.15, -0.1) is 0 Å². The molecule has 94 valence electrons. The van der Waals surface area contributed by atoms with Gasteiger partial charge in [-0.05, 0) is 30.9 Å². The van der Waals surface area contributed by atoms with Crippen LogP contribution in [-0.2, 0) is 0 Å². The minimum atomic E-state index is 0.149. The molecule has 1 aliphatic carbocycles. The van der Waals surface area contributed by atoms with Crippen LogP contribution in [0.4, 0.5) is 0 Å². The summed E-state index contributed by atoms with van der Waals surface area (Å²) in [5, 5.41) is 0. The number of nitrogens with two attached hydrogens (primary N) is 1. The number of hydrogen-bond donors (Lipinski definition) is 1. The van der Waals surface area contributed by atoms with Crippen molar-refractivity contribution < 1.29 is 0 Å². The Morgan fingerprint density at radius 2 is 2.00 bits per heavy atom. The molecule has 0 bridgehead atoms. The predicted octanol–water partition coefficient (Wildman–Crippen LogP) is 2.81. The second kappa shape index (κ2) is 6.18. The fourth-order valence-corrected chi connectivity index (χ4v) is 2.46. The van der Waals surface area contributed by atoms with E-state index in [9.17, 15) is 0 Å². The van der Waals surface area contributed by atoms with Gasteiger partial charge in [0.15, 0.2) is 0 Å². The molecule has 0 radical (unpaired) electrons. The third kappa shape index (κ3) is 3.55. The molecule has 0 saturated heterocycles. The molecule has 2 heteroatoms. The first-order valence-corrected chi connectivity index (χ1v) is 6.82. The summed E-state index contributed by atoms with van der Waals surface area (Å²) in [6.45, 7) is 5.56. The van der Waals surface area contributed by atoms with Crippen LogP contribution >= 0.6 is 0 Å². The lowest BCUT2D eigenvalue weighted by atomic mass is 9.85. The summed E-state index contributed by atoms with van der Waals surface area (Å²) in [5.74, 6) is 0.929. The molecule has 1 atom stereocenters. The summed E-state index contributed by atoms with van der Waals surface area (Å²) in [6, 6.07) is 10.6. The summed E-state index contributed by atoms with van der Waals surface area (Å²) in [4.78, 5) is 2.50. The van der Waals surface area contributed by atoms with E-state index in [1.54, 1.807) is 0 Å². The van der Waals surface area contributed by atoms with Crippen molar-refractivity contribution >= 4 is 0 Å². The minimum Gasteiger partial charge on any atom is -0.323 e. The van der Waals surface area contributed by atoms with Gasteiger partial charge in [0.05, 0.1) is 0 Å². The molecule has 2 N–H and O–H groups in total. The van der Waals surface area contributed by atoms with Crippen molar-refractivity contribution in [3.8, 4) is 0 Å². The van der Waals surface area contributed by atoms with Gasteiger partial charge in [0.1, 0.15) is 0 Å². The van der Waals surface area contributed by atoms with Crippen LogP contribution in [0.1, 0.15) is 37.8 Å². The van der Waals surface area contributed by atoms with Gasteiger partial charge in [-0.25, -0.2) is 0 Å². The Kier molecular flexibility index (Phi) is 4.57. The molecule has 0 spiro atoms. The number of hydrogen-bond acceptors (Lipinski definition) is 2. The van der Waals surface area contributed by atoms with Crippen molar-refractivity contribution in [3.63, 3.8) is 0 Å². The first kappa shape index (κ1) is 12.6. The van der Waals surface area contributed by atoms with Gasteiger partial charge >= 0.3 is 0 Å². The van der Waals surface area contributed by atoms with Gasteiger partial charge in [-0.1, -0.05) is 43.7 Å². The second-order valence-electron chi connectivity index (χ2n) is 5.17. The van der Waals surface area contributed by atoms with Crippen LogP contribution in [0.2, 0.25) is 0 Å². The monoisotopic (exact) mass is 232 g/mol. The molecule has 2 nitrogen and oxygen atoms in total. The third-order valence-corrected chi connectivity index (χ3v) is 3.87. The van der Waals surface area contributed by atoms with E-state index >= 15 is 0 Å². The van der Waals surface area contributed by atoms with Gasteiger partial charge in [0.25, 0.3) is 0 Å². The molecular weight excluding hydrogens is 208 g/mol. The van der Waals surface area contributed by atoms with E-state index in [1.165, 1.54) is 31.4 Å². The Labute approximate surface area is 105 Å². The topological polar surface area (TPSA) is 29.3 Å². The van der Waals surface area contributed by atoms with Gasteiger partial charge < -0.3 is 10.6 Å². The lowest BCUT2D eigenvalue weighted by Crippen LogP contribution is -2.37. The molecule has 1 aliphatic rings. The number of rotatable bonds is 6. The second-order valence-corrected chi connectivity index (χ2v) is 5.17. The third-order valence-electron chi connectivity index (χ3n) is 3.87. The quantitative estimate of drug-likeness (QED) is 0.817. The summed E-state index contributed by atoms with van der Waals surface area (Å²) in [7, 11) is 0. The van der Waals surface area contributed by atoms with Crippen LogP contribution in [0.15, 0.2) is 30.3 Å². The van der Waals surface area contributed by atoms with E-state index in [0.29, 0.717) is 0 Å². The smallest absolute Gasteiger partial charge is 0.0424 e. The highest BCUT2D eigenvalue weighted by atomic mass is 15.1. The molecule has 17 heavy (non-hydrogen) atoms. The summed E-state index contributed by atoms with van der Waals surface area (Å²) < 4.78 is 0. The predicted molar refractivity (Wildman–Crippen MR) is 72.8 cm³/mol. The van der Waals surface area contributed by atoms with Crippen LogP contribution in [-0.4, -0.2) is 24.5 Å². The van der Waals surface area contributed by atoms with Crippen LogP contribution in [0.3, 0.4) is 0 Å². The van der Waals surface area contributed by atoms with Gasteiger partial charge in [0.2, 0.25) is 0 Å². The van der Waals surface area contributed by atoms with E-state index < -0.39 is 0 Å². The van der Waals surface area contributed by atoms with Crippen LogP contribution < -0.4 is 5.73 Å². The molecule has 2 rings (SSSR count). The van der Waals surface area contributed by atoms with Crippen molar-refractivity contribution in [3.05, 3.63) is 35.9 Å². The van der Waals surface area contributed by atoms with E-state index in [-0.39, 0.29) is 6.04 Å². The fraction of sp³-hybridized carbons (Fsp3) is 0.600. The van der Waals surface area contributed by atoms with Crippen LogP contribution in [0.5, 0.6) is 0 Å². The number of likely N-dealkylation sites (N-methyl/N-ethyl adjacent to an activating group) is 1. The Morgan fingerprint density at radius 1 is 1.29 bits per heavy atom. The summed E-state index contributed by atoms with van der Waals surface area (Å²) >= 11 is 0. The molecule has 1 aromatic carbocycles. The van der Waals surface area contributed by atoms with Crippen molar-refractivity contribution in [2.75, 3.05) is 19.6 Å². The Morgan fingerprint density at radius 3 is 2.53 bits per heavy atom. The first-order chi connectivity index (χ1) is 8.29. The van der Waals surface area contributed by atoms with Gasteiger partial charge in [0, 0.05) is 19.1 Å². The summed E-state index contributed by atoms with van der Waals surface area (Å²) in [6.07, 6.45) is 4.25. The van der Waals surface area contributed by atoms with E-state index in [4.69, 9.17) is 5.73 Å². The Bertz CT molecular complexity index is 319. The average molecular weight is 232 g/mol. The standard InChI is InChI=1S/C15H24N2/c1-2-17(11-13-7-6-8-13)12-15(16)14-9-4-3-5-10-14/h3-5,9-10,13,15H,2,6-8,11-12,16H2,1H3/t15-/m0/s1. The molecule has 0 unspecified atom stereocenters. The first-order valence-electron chi connectivity index (χ1n) is 6.82. The van der Waals surface area contributed by atoms with E-state index in [0.717, 1.165) is 19.0 Å². The largest absolute Gasteiger partial charge is 0.323 e. The Hall–Kier alpha value is -0.860. The SMILES string of the molecule is CCN(CC1CCC1)C[C@H](N)c1ccccc1. The van der Waals surface area contributed by atoms with Gasteiger partial charge in [-0.2, -0.15) is 0 Å². The normalized spacial score (nSPS) is 18.1. The van der Waals surface area contributed by atoms with E-state index in [1.807, 2.05) is 6.07 Å². The zero-order valence-electron chi connectivity index (χ0n) is 10.8. The highest BCUT2D eigenvalue weighted by molar-refractivity contribution is 5.18. The molecule has 0 heterocycles. The molecular formula is C15H24N2. The lowest BCUT2D eigenvalue weighted by Gasteiger charge is -2.33. The van der Waals surface area contributed by atoms with E-state index in [2.05, 4.69) is 36.1 Å². The highest BCUT2D eigenvalue weighted by Gasteiger charge is 2.21. The number of nitrogens with zero attached hydrogens (tertiary/aromatic N) is 1. The maximum atomic E-state index is 6.26.